The van der Waals surface area contributed by atoms with Gasteiger partial charge in [-0.25, -0.2) is 0 Å². The van der Waals surface area contributed by atoms with Crippen molar-refractivity contribution in [3.05, 3.63) is 0 Å². The first-order valence-electron chi connectivity index (χ1n) is 7.99. The van der Waals surface area contributed by atoms with Gasteiger partial charge in [0.1, 0.15) is 0 Å². The van der Waals surface area contributed by atoms with Gasteiger partial charge in [0.25, 0.3) is 0 Å². The Labute approximate surface area is 126 Å². The van der Waals surface area contributed by atoms with Gasteiger partial charge < -0.3 is 15.7 Å². The van der Waals surface area contributed by atoms with Crippen molar-refractivity contribution in [2.45, 2.75) is 46.6 Å². The van der Waals surface area contributed by atoms with E-state index < -0.39 is 5.97 Å². The highest BCUT2D eigenvalue weighted by molar-refractivity contribution is 5.80. The molecule has 0 radical (unpaired) electrons. The van der Waals surface area contributed by atoms with Gasteiger partial charge in [-0.1, -0.05) is 27.7 Å². The van der Waals surface area contributed by atoms with E-state index in [0.29, 0.717) is 12.3 Å². The van der Waals surface area contributed by atoms with Crippen molar-refractivity contribution in [2.75, 3.05) is 13.1 Å². The van der Waals surface area contributed by atoms with Crippen molar-refractivity contribution >= 4 is 11.9 Å². The SMILES string of the molecule is CC1C(NC(=O)[C@@H]2CNC[C@H]2C)CCC(C(=O)O)C1(C)C. The lowest BCUT2D eigenvalue weighted by Crippen LogP contribution is -2.53. The predicted molar refractivity (Wildman–Crippen MR) is 80.8 cm³/mol. The smallest absolute Gasteiger partial charge is 0.307 e. The molecule has 0 aromatic heterocycles. The molecule has 2 fully saturated rings. The van der Waals surface area contributed by atoms with Crippen LogP contribution in [-0.4, -0.2) is 36.1 Å². The number of nitrogens with one attached hydrogen (secondary N) is 2. The van der Waals surface area contributed by atoms with Crippen LogP contribution in [0.4, 0.5) is 0 Å². The molecule has 5 nitrogen and oxygen atoms in total. The summed E-state index contributed by atoms with van der Waals surface area (Å²) in [4.78, 5) is 23.8. The Morgan fingerprint density at radius 2 is 1.86 bits per heavy atom. The quantitative estimate of drug-likeness (QED) is 0.737. The summed E-state index contributed by atoms with van der Waals surface area (Å²) in [6, 6.07) is 0.0795. The average molecular weight is 296 g/mol. The van der Waals surface area contributed by atoms with Gasteiger partial charge >= 0.3 is 5.97 Å². The van der Waals surface area contributed by atoms with Crippen LogP contribution in [0.3, 0.4) is 0 Å². The standard InChI is InChI=1S/C16H28N2O3/c1-9-7-17-8-11(9)14(19)18-13-6-5-12(15(20)21)16(3,4)10(13)2/h9-13,17H,5-8H2,1-4H3,(H,18,19)(H,20,21)/t9-,10?,11-,12?,13?/m1/s1. The number of carbonyl (C=O) groups is 2. The van der Waals surface area contributed by atoms with Crippen molar-refractivity contribution in [2.24, 2.45) is 29.1 Å². The number of aliphatic carboxylic acids is 1. The Kier molecular flexibility index (Phi) is 4.61. The third kappa shape index (κ3) is 3.07. The minimum absolute atomic E-state index is 0.0394. The number of carbonyl (C=O) groups excluding carboxylic acids is 1. The summed E-state index contributed by atoms with van der Waals surface area (Å²) in [6.07, 6.45) is 1.39. The minimum atomic E-state index is -0.717. The summed E-state index contributed by atoms with van der Waals surface area (Å²) in [5.41, 5.74) is -0.304. The van der Waals surface area contributed by atoms with Gasteiger partial charge in [-0.2, -0.15) is 0 Å². The Morgan fingerprint density at radius 3 is 2.38 bits per heavy atom. The molecule has 1 saturated heterocycles. The van der Waals surface area contributed by atoms with E-state index in [1.807, 2.05) is 13.8 Å². The summed E-state index contributed by atoms with van der Waals surface area (Å²) in [7, 11) is 0. The molecule has 1 amide bonds. The van der Waals surface area contributed by atoms with E-state index >= 15 is 0 Å². The first-order valence-corrected chi connectivity index (χ1v) is 7.99. The molecule has 3 N–H and O–H groups in total. The monoisotopic (exact) mass is 296 g/mol. The Bertz CT molecular complexity index is 422. The van der Waals surface area contributed by atoms with E-state index in [4.69, 9.17) is 0 Å². The lowest BCUT2D eigenvalue weighted by molar-refractivity contribution is -0.150. The Balaban J connectivity index is 2.02. The van der Waals surface area contributed by atoms with Crippen LogP contribution in [0.5, 0.6) is 0 Å². The third-order valence-electron chi connectivity index (χ3n) is 5.92. The first-order chi connectivity index (χ1) is 9.75. The van der Waals surface area contributed by atoms with Gasteiger partial charge in [0, 0.05) is 12.6 Å². The lowest BCUT2D eigenvalue weighted by atomic mass is 9.61. The minimum Gasteiger partial charge on any atom is -0.481 e. The normalized spacial score (nSPS) is 39.0. The number of carboxylic acids is 1. The highest BCUT2D eigenvalue weighted by Crippen LogP contribution is 2.45. The molecule has 1 aliphatic carbocycles. The van der Waals surface area contributed by atoms with Crippen LogP contribution in [0.2, 0.25) is 0 Å². The molecule has 0 aromatic carbocycles. The van der Waals surface area contributed by atoms with Crippen LogP contribution in [0.1, 0.15) is 40.5 Å². The largest absolute Gasteiger partial charge is 0.481 e. The number of hydrogen-bond acceptors (Lipinski definition) is 3. The summed E-state index contributed by atoms with van der Waals surface area (Å²) in [6.45, 7) is 9.82. The van der Waals surface area contributed by atoms with Crippen LogP contribution in [0.15, 0.2) is 0 Å². The second kappa shape index (κ2) is 5.95. The fourth-order valence-corrected chi connectivity index (χ4v) is 3.89. The zero-order valence-corrected chi connectivity index (χ0v) is 13.5. The molecule has 0 bridgehead atoms. The molecule has 0 spiro atoms. The van der Waals surface area contributed by atoms with E-state index in [1.54, 1.807) is 0 Å². The molecule has 5 heteroatoms. The maximum atomic E-state index is 12.4. The molecule has 1 heterocycles. The van der Waals surface area contributed by atoms with Crippen LogP contribution in [0.25, 0.3) is 0 Å². The van der Waals surface area contributed by atoms with E-state index in [2.05, 4.69) is 24.5 Å². The van der Waals surface area contributed by atoms with Gasteiger partial charge in [0.2, 0.25) is 5.91 Å². The summed E-state index contributed by atoms with van der Waals surface area (Å²) in [5, 5.41) is 15.8. The van der Waals surface area contributed by atoms with Crippen molar-refractivity contribution in [3.8, 4) is 0 Å². The van der Waals surface area contributed by atoms with Crippen molar-refractivity contribution in [3.63, 3.8) is 0 Å². The molecule has 21 heavy (non-hydrogen) atoms. The zero-order valence-electron chi connectivity index (χ0n) is 13.5. The first kappa shape index (κ1) is 16.3. The predicted octanol–water partition coefficient (Wildman–Crippen LogP) is 1.48. The average Bonchev–Trinajstić information content (AvgIpc) is 2.81. The summed E-state index contributed by atoms with van der Waals surface area (Å²) < 4.78 is 0. The highest BCUT2D eigenvalue weighted by atomic mass is 16.4. The second-order valence-corrected chi connectivity index (χ2v) is 7.44. The summed E-state index contributed by atoms with van der Waals surface area (Å²) >= 11 is 0. The van der Waals surface area contributed by atoms with Crippen molar-refractivity contribution in [1.82, 2.24) is 10.6 Å². The molecule has 1 aliphatic heterocycles. The number of rotatable bonds is 3. The molecule has 5 atom stereocenters. The number of carboxylic acid groups (broad SMARTS) is 1. The molecule has 1 saturated carbocycles. The molecule has 3 unspecified atom stereocenters. The fraction of sp³-hybridized carbons (Fsp3) is 0.875. The van der Waals surface area contributed by atoms with Crippen LogP contribution in [-0.2, 0) is 9.59 Å². The Hall–Kier alpha value is -1.10. The fourth-order valence-electron chi connectivity index (χ4n) is 3.89. The van der Waals surface area contributed by atoms with E-state index in [1.165, 1.54) is 0 Å². The maximum Gasteiger partial charge on any atom is 0.307 e. The van der Waals surface area contributed by atoms with Gasteiger partial charge in [-0.05, 0) is 36.6 Å². The molecular weight excluding hydrogens is 268 g/mol. The van der Waals surface area contributed by atoms with E-state index in [9.17, 15) is 14.7 Å². The van der Waals surface area contributed by atoms with E-state index in [-0.39, 0.29) is 35.1 Å². The van der Waals surface area contributed by atoms with Crippen LogP contribution >= 0.6 is 0 Å². The molecular formula is C16H28N2O3. The highest BCUT2D eigenvalue weighted by Gasteiger charge is 2.47. The third-order valence-corrected chi connectivity index (χ3v) is 5.92. The van der Waals surface area contributed by atoms with Crippen LogP contribution in [0, 0.1) is 29.1 Å². The molecule has 120 valence electrons. The second-order valence-electron chi connectivity index (χ2n) is 7.44. The van der Waals surface area contributed by atoms with Gasteiger partial charge in [-0.3, -0.25) is 9.59 Å². The van der Waals surface area contributed by atoms with Crippen molar-refractivity contribution in [1.29, 1.82) is 0 Å². The topological polar surface area (TPSA) is 78.4 Å². The van der Waals surface area contributed by atoms with Gasteiger partial charge in [-0.15, -0.1) is 0 Å². The molecule has 2 aliphatic rings. The van der Waals surface area contributed by atoms with Gasteiger partial charge in [0.05, 0.1) is 11.8 Å². The van der Waals surface area contributed by atoms with Crippen LogP contribution < -0.4 is 10.6 Å². The van der Waals surface area contributed by atoms with E-state index in [0.717, 1.165) is 19.5 Å². The lowest BCUT2D eigenvalue weighted by Gasteiger charge is -2.46. The summed E-state index contributed by atoms with van der Waals surface area (Å²) in [5.74, 6) is -0.367. The maximum absolute atomic E-state index is 12.4. The van der Waals surface area contributed by atoms with Gasteiger partial charge in [0.15, 0.2) is 0 Å². The molecule has 2 rings (SSSR count). The number of hydrogen-bond donors (Lipinski definition) is 3. The van der Waals surface area contributed by atoms with Crippen molar-refractivity contribution < 1.29 is 14.7 Å². The number of amides is 1. The zero-order chi connectivity index (χ0) is 15.8. The Morgan fingerprint density at radius 1 is 1.19 bits per heavy atom. The molecule has 0 aromatic rings.